The Morgan fingerprint density at radius 1 is 1.19 bits per heavy atom. The van der Waals surface area contributed by atoms with E-state index in [1.807, 2.05) is 0 Å². The number of fused-ring (bicyclic) bond motifs is 1. The van der Waals surface area contributed by atoms with Crippen molar-refractivity contribution in [2.45, 2.75) is 18.9 Å². The molecule has 164 valence electrons. The van der Waals surface area contributed by atoms with E-state index in [4.69, 9.17) is 4.74 Å². The van der Waals surface area contributed by atoms with Crippen molar-refractivity contribution >= 4 is 27.0 Å². The van der Waals surface area contributed by atoms with Gasteiger partial charge in [-0.2, -0.15) is 4.98 Å². The van der Waals surface area contributed by atoms with Gasteiger partial charge in [0, 0.05) is 37.8 Å². The summed E-state index contributed by atoms with van der Waals surface area (Å²) in [5, 5.41) is 3.77. The molecule has 0 radical (unpaired) electrons. The Bertz CT molecular complexity index is 1290. The number of nitrogens with one attached hydrogen (secondary N) is 1. The summed E-state index contributed by atoms with van der Waals surface area (Å²) in [6, 6.07) is 7.36. The average molecular weight is 447 g/mol. The van der Waals surface area contributed by atoms with Crippen LogP contribution in [-0.2, 0) is 17.1 Å². The van der Waals surface area contributed by atoms with E-state index in [1.165, 1.54) is 39.4 Å². The predicted molar refractivity (Wildman–Crippen MR) is 114 cm³/mol. The molecule has 0 saturated carbocycles. The minimum absolute atomic E-state index is 0.0242. The van der Waals surface area contributed by atoms with Gasteiger partial charge in [-0.15, -0.1) is 0 Å². The van der Waals surface area contributed by atoms with Gasteiger partial charge in [0.2, 0.25) is 16.0 Å². The first-order valence-electron chi connectivity index (χ1n) is 9.73. The molecule has 0 bridgehead atoms. The number of benzene rings is 1. The summed E-state index contributed by atoms with van der Waals surface area (Å²) in [5.74, 6) is -0.290. The number of hydrogen-bond donors (Lipinski definition) is 1. The molecule has 31 heavy (non-hydrogen) atoms. The van der Waals surface area contributed by atoms with Crippen LogP contribution in [0.2, 0.25) is 0 Å². The molecule has 1 saturated heterocycles. The Hall–Kier alpha value is -3.05. The molecule has 11 heteroatoms. The monoisotopic (exact) mass is 447 g/mol. The van der Waals surface area contributed by atoms with Crippen molar-refractivity contribution in [2.24, 2.45) is 7.05 Å². The van der Waals surface area contributed by atoms with Crippen LogP contribution in [0.15, 0.2) is 41.3 Å². The van der Waals surface area contributed by atoms with Crippen LogP contribution >= 0.6 is 0 Å². The zero-order valence-electron chi connectivity index (χ0n) is 17.1. The third-order valence-corrected chi connectivity index (χ3v) is 6.53. The third-order valence-electron chi connectivity index (χ3n) is 5.23. The zero-order valence-corrected chi connectivity index (χ0v) is 17.9. The Kier molecular flexibility index (Phi) is 5.63. The van der Waals surface area contributed by atoms with Gasteiger partial charge in [0.15, 0.2) is 17.3 Å². The Morgan fingerprint density at radius 2 is 1.90 bits per heavy atom. The molecule has 0 unspecified atom stereocenters. The maximum absolute atomic E-state index is 13.9. The Balaban J connectivity index is 1.55. The number of hydrogen-bond acceptors (Lipinski definition) is 7. The summed E-state index contributed by atoms with van der Waals surface area (Å²) >= 11 is 0. The minimum atomic E-state index is -3.19. The van der Waals surface area contributed by atoms with Crippen LogP contribution in [-0.4, -0.2) is 52.6 Å². The van der Waals surface area contributed by atoms with Crippen LogP contribution in [0.25, 0.3) is 11.0 Å². The highest BCUT2D eigenvalue weighted by Gasteiger charge is 2.25. The molecule has 1 aliphatic heterocycles. The number of ether oxygens (including phenoxy) is 1. The van der Waals surface area contributed by atoms with Gasteiger partial charge in [0.05, 0.1) is 6.26 Å². The summed E-state index contributed by atoms with van der Waals surface area (Å²) < 4.78 is 45.4. The standard InChI is InChI=1S/C20H22FN5O4S/c1-25-18-13(11-17(19(25)27)30-16-6-4-3-5-15(16)21)12-22-20(24-18)23-14-7-9-26(10-8-14)31(2,28)29/h3-6,11-12,14H,7-10H2,1-2H3,(H,22,23,24). The number of piperidine rings is 1. The SMILES string of the molecule is Cn1c(=O)c(Oc2ccccc2F)cc2cnc(NC3CCN(S(C)(=O)=O)CC3)nc21. The van der Waals surface area contributed by atoms with Crippen molar-refractivity contribution in [1.82, 2.24) is 18.8 Å². The van der Waals surface area contributed by atoms with Gasteiger partial charge in [0.1, 0.15) is 5.65 Å². The van der Waals surface area contributed by atoms with Gasteiger partial charge >= 0.3 is 0 Å². The van der Waals surface area contributed by atoms with Gasteiger partial charge in [-0.1, -0.05) is 12.1 Å². The van der Waals surface area contributed by atoms with E-state index in [0.29, 0.717) is 42.9 Å². The Morgan fingerprint density at radius 3 is 2.58 bits per heavy atom. The lowest BCUT2D eigenvalue weighted by molar-refractivity contribution is 0.331. The molecule has 3 heterocycles. The second kappa shape index (κ2) is 8.23. The van der Waals surface area contributed by atoms with E-state index < -0.39 is 21.4 Å². The first kappa shape index (κ1) is 21.2. The summed E-state index contributed by atoms with van der Waals surface area (Å²) in [5.41, 5.74) is -0.0566. The number of aromatic nitrogens is 3. The summed E-state index contributed by atoms with van der Waals surface area (Å²) in [6.45, 7) is 0.860. The van der Waals surface area contributed by atoms with Crippen LogP contribution in [0.1, 0.15) is 12.8 Å². The van der Waals surface area contributed by atoms with Crippen molar-refractivity contribution in [2.75, 3.05) is 24.7 Å². The van der Waals surface area contributed by atoms with Crippen LogP contribution < -0.4 is 15.6 Å². The highest BCUT2D eigenvalue weighted by Crippen LogP contribution is 2.24. The van der Waals surface area contributed by atoms with Crippen LogP contribution in [0.5, 0.6) is 11.5 Å². The average Bonchev–Trinajstić information content (AvgIpc) is 2.73. The topological polar surface area (TPSA) is 106 Å². The van der Waals surface area contributed by atoms with E-state index >= 15 is 0 Å². The van der Waals surface area contributed by atoms with Crippen molar-refractivity contribution in [3.63, 3.8) is 0 Å². The normalized spacial score (nSPS) is 15.8. The maximum Gasteiger partial charge on any atom is 0.294 e. The first-order chi connectivity index (χ1) is 14.7. The quantitative estimate of drug-likeness (QED) is 0.638. The summed E-state index contributed by atoms with van der Waals surface area (Å²) in [7, 11) is -1.63. The zero-order chi connectivity index (χ0) is 22.2. The fourth-order valence-corrected chi connectivity index (χ4v) is 4.39. The predicted octanol–water partition coefficient (Wildman–Crippen LogP) is 2.10. The molecule has 1 fully saturated rings. The highest BCUT2D eigenvalue weighted by molar-refractivity contribution is 7.88. The molecule has 4 rings (SSSR count). The first-order valence-corrected chi connectivity index (χ1v) is 11.6. The smallest absolute Gasteiger partial charge is 0.294 e. The molecule has 0 amide bonds. The number of nitrogens with zero attached hydrogens (tertiary/aromatic N) is 4. The molecule has 2 aromatic heterocycles. The van der Waals surface area contributed by atoms with Crippen LogP contribution in [0.4, 0.5) is 10.3 Å². The molecule has 0 atom stereocenters. The van der Waals surface area contributed by atoms with E-state index in [0.717, 1.165) is 0 Å². The van der Waals surface area contributed by atoms with Crippen molar-refractivity contribution < 1.29 is 17.5 Å². The minimum Gasteiger partial charge on any atom is -0.448 e. The summed E-state index contributed by atoms with van der Waals surface area (Å²) in [6.07, 6.45) is 4.02. The molecule has 3 aromatic rings. The highest BCUT2D eigenvalue weighted by atomic mass is 32.2. The van der Waals surface area contributed by atoms with Crippen LogP contribution in [0, 0.1) is 5.82 Å². The number of aryl methyl sites for hydroxylation is 1. The number of para-hydroxylation sites is 1. The molecule has 1 aromatic carbocycles. The maximum atomic E-state index is 13.9. The van der Waals surface area contributed by atoms with Crippen molar-refractivity contribution in [3.05, 3.63) is 52.7 Å². The third kappa shape index (κ3) is 4.52. The largest absolute Gasteiger partial charge is 0.448 e. The summed E-state index contributed by atoms with van der Waals surface area (Å²) in [4.78, 5) is 21.5. The number of halogens is 1. The number of pyridine rings is 1. The van der Waals surface area contributed by atoms with Crippen LogP contribution in [0.3, 0.4) is 0 Å². The van der Waals surface area contributed by atoms with Gasteiger partial charge in [-0.05, 0) is 31.0 Å². The second-order valence-corrected chi connectivity index (χ2v) is 9.44. The van der Waals surface area contributed by atoms with E-state index in [1.54, 1.807) is 19.3 Å². The fourth-order valence-electron chi connectivity index (χ4n) is 3.52. The fraction of sp³-hybridized carbons (Fsp3) is 0.350. The van der Waals surface area contributed by atoms with Gasteiger partial charge < -0.3 is 10.1 Å². The molecule has 0 aliphatic carbocycles. The van der Waals surface area contributed by atoms with E-state index in [2.05, 4.69) is 15.3 Å². The molecule has 1 aliphatic rings. The molecule has 9 nitrogen and oxygen atoms in total. The number of rotatable bonds is 5. The lowest BCUT2D eigenvalue weighted by atomic mass is 10.1. The molecular formula is C20H22FN5O4S. The lowest BCUT2D eigenvalue weighted by Gasteiger charge is -2.30. The molecule has 1 N–H and O–H groups in total. The Labute approximate surface area is 178 Å². The van der Waals surface area contributed by atoms with Crippen molar-refractivity contribution in [3.8, 4) is 11.5 Å². The number of anilines is 1. The van der Waals surface area contributed by atoms with E-state index in [-0.39, 0.29) is 17.5 Å². The van der Waals surface area contributed by atoms with Gasteiger partial charge in [-0.25, -0.2) is 22.1 Å². The lowest BCUT2D eigenvalue weighted by Crippen LogP contribution is -2.42. The van der Waals surface area contributed by atoms with Gasteiger partial charge in [-0.3, -0.25) is 9.36 Å². The van der Waals surface area contributed by atoms with E-state index in [9.17, 15) is 17.6 Å². The number of sulfonamides is 1. The van der Waals surface area contributed by atoms with Crippen molar-refractivity contribution in [1.29, 1.82) is 0 Å². The molecule has 0 spiro atoms. The second-order valence-electron chi connectivity index (χ2n) is 7.46. The molecular weight excluding hydrogens is 425 g/mol. The van der Waals surface area contributed by atoms with Gasteiger partial charge in [0.25, 0.3) is 5.56 Å².